The monoisotopic (exact) mass is 355 g/mol. The smallest absolute Gasteiger partial charge is 0.437 e. The van der Waals surface area contributed by atoms with Crippen LogP contribution in [0.1, 0.15) is 27.7 Å². The lowest BCUT2D eigenvalue weighted by Gasteiger charge is -2.34. The molecule has 0 fully saturated rings. The Labute approximate surface area is 146 Å². The Balaban J connectivity index is 2.70. The van der Waals surface area contributed by atoms with Crippen molar-refractivity contribution in [3.05, 3.63) is 29.3 Å². The SMILES string of the molecule is CCOC(=O)N(C)C(C)(C)/C(C)=N/OC(=O)Nc1cccc(Cl)c1. The Hall–Kier alpha value is -2.28. The van der Waals surface area contributed by atoms with Gasteiger partial charge in [-0.25, -0.2) is 9.59 Å². The quantitative estimate of drug-likeness (QED) is 0.489. The first kappa shape index (κ1) is 19.8. The third kappa shape index (κ3) is 5.42. The maximum Gasteiger partial charge on any atom is 0.437 e. The Morgan fingerprint density at radius 1 is 1.38 bits per heavy atom. The first-order valence-corrected chi connectivity index (χ1v) is 7.75. The van der Waals surface area contributed by atoms with Gasteiger partial charge in [0.1, 0.15) is 0 Å². The van der Waals surface area contributed by atoms with Crippen molar-refractivity contribution in [2.75, 3.05) is 19.0 Å². The zero-order valence-electron chi connectivity index (χ0n) is 14.4. The van der Waals surface area contributed by atoms with E-state index in [2.05, 4.69) is 10.5 Å². The van der Waals surface area contributed by atoms with E-state index in [1.165, 1.54) is 4.90 Å². The van der Waals surface area contributed by atoms with Crippen LogP contribution in [0.25, 0.3) is 0 Å². The Kier molecular flexibility index (Phi) is 7.03. The van der Waals surface area contributed by atoms with E-state index in [-0.39, 0.29) is 6.61 Å². The molecule has 1 N–H and O–H groups in total. The Morgan fingerprint density at radius 2 is 2.04 bits per heavy atom. The molecule has 0 bridgehead atoms. The van der Waals surface area contributed by atoms with Gasteiger partial charge in [-0.05, 0) is 45.9 Å². The minimum atomic E-state index is -0.789. The molecule has 2 amide bonds. The maximum atomic E-state index is 11.8. The van der Waals surface area contributed by atoms with Crippen LogP contribution in [0, 0.1) is 0 Å². The van der Waals surface area contributed by atoms with Crippen LogP contribution in [-0.4, -0.2) is 42.0 Å². The maximum absolute atomic E-state index is 11.8. The molecule has 0 atom stereocenters. The van der Waals surface area contributed by atoms with Crippen LogP contribution in [0.4, 0.5) is 15.3 Å². The van der Waals surface area contributed by atoms with Gasteiger partial charge in [0.25, 0.3) is 0 Å². The van der Waals surface area contributed by atoms with E-state index >= 15 is 0 Å². The number of benzene rings is 1. The first-order valence-electron chi connectivity index (χ1n) is 7.37. The Bertz CT molecular complexity index is 632. The highest BCUT2D eigenvalue weighted by molar-refractivity contribution is 6.30. The molecular formula is C16H22ClN3O4. The van der Waals surface area contributed by atoms with Gasteiger partial charge in [-0.2, -0.15) is 0 Å². The van der Waals surface area contributed by atoms with Crippen molar-refractivity contribution in [2.24, 2.45) is 5.16 Å². The second-order valence-corrected chi connectivity index (χ2v) is 5.94. The zero-order valence-corrected chi connectivity index (χ0v) is 15.2. The molecule has 0 aliphatic heterocycles. The first-order chi connectivity index (χ1) is 11.2. The van der Waals surface area contributed by atoms with Gasteiger partial charge in [0.05, 0.1) is 17.9 Å². The molecular weight excluding hydrogens is 334 g/mol. The zero-order chi connectivity index (χ0) is 18.3. The number of nitrogens with zero attached hydrogens (tertiary/aromatic N) is 2. The van der Waals surface area contributed by atoms with Crippen molar-refractivity contribution in [3.8, 4) is 0 Å². The van der Waals surface area contributed by atoms with Gasteiger partial charge in [-0.1, -0.05) is 22.8 Å². The van der Waals surface area contributed by atoms with E-state index in [1.54, 1.807) is 59.0 Å². The van der Waals surface area contributed by atoms with E-state index in [0.717, 1.165) is 0 Å². The molecule has 0 radical (unpaired) electrons. The van der Waals surface area contributed by atoms with Crippen LogP contribution >= 0.6 is 11.6 Å². The second-order valence-electron chi connectivity index (χ2n) is 5.51. The summed E-state index contributed by atoms with van der Waals surface area (Å²) in [5, 5.41) is 6.79. The van der Waals surface area contributed by atoms with Crippen LogP contribution < -0.4 is 5.32 Å². The molecule has 24 heavy (non-hydrogen) atoms. The van der Waals surface area contributed by atoms with Gasteiger partial charge < -0.3 is 9.64 Å². The predicted octanol–water partition coefficient (Wildman–Crippen LogP) is 4.13. The lowest BCUT2D eigenvalue weighted by atomic mass is 9.98. The topological polar surface area (TPSA) is 80.2 Å². The summed E-state index contributed by atoms with van der Waals surface area (Å²) < 4.78 is 4.96. The molecule has 0 aromatic heterocycles. The number of hydrogen-bond acceptors (Lipinski definition) is 5. The summed E-state index contributed by atoms with van der Waals surface area (Å²) in [6.07, 6.45) is -1.24. The normalized spacial score (nSPS) is 11.7. The van der Waals surface area contributed by atoms with E-state index < -0.39 is 17.7 Å². The molecule has 0 unspecified atom stereocenters. The number of oxime groups is 1. The highest BCUT2D eigenvalue weighted by Crippen LogP contribution is 2.17. The summed E-state index contributed by atoms with van der Waals surface area (Å²) in [4.78, 5) is 29.8. The standard InChI is InChI=1S/C16H22ClN3O4/c1-6-23-15(22)20(5)16(3,4)11(2)19-24-14(21)18-13-9-7-8-12(17)10-13/h7-10H,6H2,1-5H3,(H,18,21)/b19-11+. The van der Waals surface area contributed by atoms with Crippen LogP contribution in [0.15, 0.2) is 29.4 Å². The number of rotatable bonds is 5. The number of carbonyl (C=O) groups excluding carboxylic acids is 2. The minimum absolute atomic E-state index is 0.272. The van der Waals surface area contributed by atoms with Crippen LogP contribution in [0.2, 0.25) is 5.02 Å². The average molecular weight is 356 g/mol. The van der Waals surface area contributed by atoms with Crippen molar-refractivity contribution < 1.29 is 19.2 Å². The van der Waals surface area contributed by atoms with Gasteiger partial charge in [-0.15, -0.1) is 0 Å². The highest BCUT2D eigenvalue weighted by Gasteiger charge is 2.32. The van der Waals surface area contributed by atoms with Gasteiger partial charge in [0.2, 0.25) is 0 Å². The van der Waals surface area contributed by atoms with E-state index in [9.17, 15) is 9.59 Å². The minimum Gasteiger partial charge on any atom is -0.450 e. The van der Waals surface area contributed by atoms with Crippen molar-refractivity contribution in [1.29, 1.82) is 0 Å². The fourth-order valence-electron chi connectivity index (χ4n) is 1.62. The summed E-state index contributed by atoms with van der Waals surface area (Å²) in [5.74, 6) is 0. The molecule has 0 heterocycles. The molecule has 8 heteroatoms. The van der Waals surface area contributed by atoms with Gasteiger partial charge >= 0.3 is 12.2 Å². The highest BCUT2D eigenvalue weighted by atomic mass is 35.5. The van der Waals surface area contributed by atoms with Crippen molar-refractivity contribution in [2.45, 2.75) is 33.2 Å². The lowest BCUT2D eigenvalue weighted by Crippen LogP contribution is -2.50. The fraction of sp³-hybridized carbons (Fsp3) is 0.438. The molecule has 7 nitrogen and oxygen atoms in total. The Morgan fingerprint density at radius 3 is 2.62 bits per heavy atom. The molecule has 1 aromatic rings. The number of anilines is 1. The molecule has 0 saturated heterocycles. The number of carbonyl (C=O) groups is 2. The molecule has 1 rings (SSSR count). The molecule has 1 aromatic carbocycles. The van der Waals surface area contributed by atoms with E-state index in [1.807, 2.05) is 0 Å². The van der Waals surface area contributed by atoms with Crippen molar-refractivity contribution in [3.63, 3.8) is 0 Å². The third-order valence-corrected chi connectivity index (χ3v) is 3.84. The predicted molar refractivity (Wildman–Crippen MR) is 93.5 cm³/mol. The summed E-state index contributed by atoms with van der Waals surface area (Å²) in [5.41, 5.74) is 0.130. The fourth-order valence-corrected chi connectivity index (χ4v) is 1.81. The van der Waals surface area contributed by atoms with Gasteiger partial charge in [0.15, 0.2) is 0 Å². The number of ether oxygens (including phenoxy) is 1. The van der Waals surface area contributed by atoms with Crippen LogP contribution in [0.3, 0.4) is 0 Å². The second kappa shape index (κ2) is 8.54. The summed E-state index contributed by atoms with van der Waals surface area (Å²) in [6, 6.07) is 6.64. The van der Waals surface area contributed by atoms with E-state index in [4.69, 9.17) is 21.2 Å². The largest absolute Gasteiger partial charge is 0.450 e. The van der Waals surface area contributed by atoms with Crippen molar-refractivity contribution in [1.82, 2.24) is 4.90 Å². The van der Waals surface area contributed by atoms with Crippen LogP contribution in [-0.2, 0) is 9.57 Å². The van der Waals surface area contributed by atoms with Crippen LogP contribution in [0.5, 0.6) is 0 Å². The number of nitrogens with one attached hydrogen (secondary N) is 1. The summed E-state index contributed by atoms with van der Waals surface area (Å²) in [6.45, 7) is 7.18. The molecule has 0 saturated carbocycles. The van der Waals surface area contributed by atoms with Crippen molar-refractivity contribution >= 4 is 35.2 Å². The van der Waals surface area contributed by atoms with Gasteiger partial charge in [-0.3, -0.25) is 10.2 Å². The molecule has 132 valence electrons. The molecule has 0 aliphatic carbocycles. The third-order valence-electron chi connectivity index (χ3n) is 3.60. The van der Waals surface area contributed by atoms with Gasteiger partial charge in [0, 0.05) is 17.8 Å². The molecule has 0 aliphatic rings. The summed E-state index contributed by atoms with van der Waals surface area (Å²) >= 11 is 5.84. The lowest BCUT2D eigenvalue weighted by molar-refractivity contribution is 0.0955. The van der Waals surface area contributed by atoms with E-state index in [0.29, 0.717) is 16.4 Å². The summed E-state index contributed by atoms with van der Waals surface area (Å²) in [7, 11) is 1.59. The number of hydrogen-bond donors (Lipinski definition) is 1. The number of amides is 2. The molecule has 0 spiro atoms. The number of halogens is 1. The average Bonchev–Trinajstić information content (AvgIpc) is 2.51.